The zero-order chi connectivity index (χ0) is 22.1. The van der Waals surface area contributed by atoms with Gasteiger partial charge in [-0.1, -0.05) is 41.4 Å². The number of halogens is 2. The third-order valence-electron chi connectivity index (χ3n) is 4.12. The molecule has 0 aliphatic carbocycles. The van der Waals surface area contributed by atoms with Crippen LogP contribution in [0.3, 0.4) is 0 Å². The quantitative estimate of drug-likeness (QED) is 0.357. The van der Waals surface area contributed by atoms with E-state index in [2.05, 4.69) is 10.5 Å². The summed E-state index contributed by atoms with van der Waals surface area (Å²) in [6.45, 7) is 0.114. The maximum Gasteiger partial charge on any atom is 0.277 e. The van der Waals surface area contributed by atoms with Crippen molar-refractivity contribution in [2.75, 3.05) is 13.7 Å². The predicted molar refractivity (Wildman–Crippen MR) is 121 cm³/mol. The van der Waals surface area contributed by atoms with Crippen LogP contribution in [0.15, 0.2) is 71.8 Å². The van der Waals surface area contributed by atoms with Gasteiger partial charge in [-0.15, -0.1) is 0 Å². The second-order valence-corrected chi connectivity index (χ2v) is 7.17. The number of carbonyl (C=O) groups excluding carboxylic acids is 1. The van der Waals surface area contributed by atoms with Gasteiger partial charge < -0.3 is 14.2 Å². The molecule has 0 heterocycles. The number of nitrogens with zero attached hydrogens (tertiary/aromatic N) is 1. The van der Waals surface area contributed by atoms with Crippen molar-refractivity contribution in [3.05, 3.63) is 87.9 Å². The normalized spacial score (nSPS) is 10.7. The molecule has 1 amide bonds. The Morgan fingerprint density at radius 1 is 1.00 bits per heavy atom. The van der Waals surface area contributed by atoms with Gasteiger partial charge in [0.2, 0.25) is 0 Å². The van der Waals surface area contributed by atoms with Crippen LogP contribution in [0.25, 0.3) is 0 Å². The SMILES string of the molecule is COc1ccc(C=NNC(=O)COc2ccc(Cl)cc2)cc1OCc1ccccc1Cl. The monoisotopic (exact) mass is 458 g/mol. The first kappa shape index (κ1) is 22.5. The third kappa shape index (κ3) is 6.91. The summed E-state index contributed by atoms with van der Waals surface area (Å²) in [5.41, 5.74) is 3.99. The molecule has 0 saturated heterocycles. The number of hydrazone groups is 1. The van der Waals surface area contributed by atoms with Crippen molar-refractivity contribution in [1.82, 2.24) is 5.43 Å². The summed E-state index contributed by atoms with van der Waals surface area (Å²) in [6.07, 6.45) is 1.50. The van der Waals surface area contributed by atoms with E-state index < -0.39 is 5.91 Å². The van der Waals surface area contributed by atoms with E-state index in [1.165, 1.54) is 6.21 Å². The van der Waals surface area contributed by atoms with Gasteiger partial charge >= 0.3 is 0 Å². The highest BCUT2D eigenvalue weighted by Crippen LogP contribution is 2.29. The second-order valence-electron chi connectivity index (χ2n) is 6.33. The molecule has 3 aromatic carbocycles. The van der Waals surface area contributed by atoms with Crippen LogP contribution in [-0.2, 0) is 11.4 Å². The van der Waals surface area contributed by atoms with Crippen LogP contribution in [0, 0.1) is 0 Å². The van der Waals surface area contributed by atoms with Gasteiger partial charge in [0.1, 0.15) is 12.4 Å². The number of methoxy groups -OCH3 is 1. The zero-order valence-electron chi connectivity index (χ0n) is 16.7. The molecule has 160 valence electrons. The number of benzene rings is 3. The van der Waals surface area contributed by atoms with E-state index in [1.54, 1.807) is 55.6 Å². The molecule has 0 aliphatic heterocycles. The van der Waals surface area contributed by atoms with Crippen molar-refractivity contribution < 1.29 is 19.0 Å². The van der Waals surface area contributed by atoms with Gasteiger partial charge in [0.05, 0.1) is 13.3 Å². The van der Waals surface area contributed by atoms with Gasteiger partial charge in [-0.3, -0.25) is 4.79 Å². The first-order valence-electron chi connectivity index (χ1n) is 9.29. The highest BCUT2D eigenvalue weighted by molar-refractivity contribution is 6.31. The summed E-state index contributed by atoms with van der Waals surface area (Å²) in [7, 11) is 1.56. The Balaban J connectivity index is 1.56. The molecule has 0 fully saturated rings. The summed E-state index contributed by atoms with van der Waals surface area (Å²) in [5.74, 6) is 1.25. The molecule has 0 aromatic heterocycles. The lowest BCUT2D eigenvalue weighted by atomic mass is 10.2. The van der Waals surface area contributed by atoms with E-state index in [4.69, 9.17) is 37.4 Å². The summed E-state index contributed by atoms with van der Waals surface area (Å²) >= 11 is 12.0. The lowest BCUT2D eigenvalue weighted by Crippen LogP contribution is -2.24. The van der Waals surface area contributed by atoms with Crippen molar-refractivity contribution in [1.29, 1.82) is 0 Å². The molecule has 3 aromatic rings. The average Bonchev–Trinajstić information content (AvgIpc) is 2.78. The molecule has 3 rings (SSSR count). The molecule has 0 bridgehead atoms. The molecule has 8 heteroatoms. The Morgan fingerprint density at radius 2 is 1.77 bits per heavy atom. The fraction of sp³-hybridized carbons (Fsp3) is 0.130. The summed E-state index contributed by atoms with van der Waals surface area (Å²) in [5, 5.41) is 5.17. The number of nitrogens with one attached hydrogen (secondary N) is 1. The minimum atomic E-state index is -0.394. The van der Waals surface area contributed by atoms with Crippen molar-refractivity contribution in [2.24, 2.45) is 5.10 Å². The second kappa shape index (κ2) is 11.2. The minimum absolute atomic E-state index is 0.173. The molecule has 0 aliphatic rings. The number of hydrogen-bond acceptors (Lipinski definition) is 5. The number of carbonyl (C=O) groups is 1. The van der Waals surface area contributed by atoms with Crippen LogP contribution in [0.1, 0.15) is 11.1 Å². The van der Waals surface area contributed by atoms with E-state index in [0.717, 1.165) is 5.56 Å². The van der Waals surface area contributed by atoms with Crippen molar-refractivity contribution in [3.63, 3.8) is 0 Å². The van der Waals surface area contributed by atoms with E-state index in [1.807, 2.05) is 18.2 Å². The molecular weight excluding hydrogens is 439 g/mol. The first-order valence-corrected chi connectivity index (χ1v) is 10.1. The van der Waals surface area contributed by atoms with E-state index >= 15 is 0 Å². The van der Waals surface area contributed by atoms with Gasteiger partial charge in [-0.2, -0.15) is 5.10 Å². The van der Waals surface area contributed by atoms with E-state index in [0.29, 0.717) is 32.9 Å². The molecule has 31 heavy (non-hydrogen) atoms. The zero-order valence-corrected chi connectivity index (χ0v) is 18.2. The molecule has 0 unspecified atom stereocenters. The van der Waals surface area contributed by atoms with Crippen molar-refractivity contribution in [3.8, 4) is 17.2 Å². The summed E-state index contributed by atoms with van der Waals surface area (Å²) < 4.78 is 16.6. The summed E-state index contributed by atoms with van der Waals surface area (Å²) in [4.78, 5) is 11.9. The fourth-order valence-electron chi connectivity index (χ4n) is 2.55. The molecular formula is C23H20Cl2N2O4. The lowest BCUT2D eigenvalue weighted by Gasteiger charge is -2.12. The smallest absolute Gasteiger partial charge is 0.277 e. The fourth-order valence-corrected chi connectivity index (χ4v) is 2.86. The van der Waals surface area contributed by atoms with Crippen LogP contribution in [0.4, 0.5) is 0 Å². The van der Waals surface area contributed by atoms with Gasteiger partial charge in [-0.05, 0) is 54.1 Å². The topological polar surface area (TPSA) is 69.2 Å². The first-order chi connectivity index (χ1) is 15.0. The van der Waals surface area contributed by atoms with Crippen LogP contribution in [0.5, 0.6) is 17.2 Å². The Hall–Kier alpha value is -3.22. The Bertz CT molecular complexity index is 1060. The Kier molecular flexibility index (Phi) is 8.15. The predicted octanol–water partition coefficient (Wildman–Crippen LogP) is 5.11. The number of rotatable bonds is 9. The molecule has 0 spiro atoms. The summed E-state index contributed by atoms with van der Waals surface area (Å²) in [6, 6.07) is 19.5. The van der Waals surface area contributed by atoms with E-state index in [-0.39, 0.29) is 13.2 Å². The average molecular weight is 459 g/mol. The van der Waals surface area contributed by atoms with Crippen LogP contribution >= 0.6 is 23.2 Å². The lowest BCUT2D eigenvalue weighted by molar-refractivity contribution is -0.123. The minimum Gasteiger partial charge on any atom is -0.493 e. The largest absolute Gasteiger partial charge is 0.493 e. The van der Waals surface area contributed by atoms with E-state index in [9.17, 15) is 4.79 Å². The number of hydrogen-bond donors (Lipinski definition) is 1. The molecule has 0 radical (unpaired) electrons. The third-order valence-corrected chi connectivity index (χ3v) is 4.74. The molecule has 0 atom stereocenters. The van der Waals surface area contributed by atoms with Gasteiger partial charge in [0, 0.05) is 15.6 Å². The van der Waals surface area contributed by atoms with Crippen LogP contribution < -0.4 is 19.6 Å². The highest BCUT2D eigenvalue weighted by atomic mass is 35.5. The van der Waals surface area contributed by atoms with Gasteiger partial charge in [-0.25, -0.2) is 5.43 Å². The maximum absolute atomic E-state index is 11.9. The van der Waals surface area contributed by atoms with Crippen molar-refractivity contribution in [2.45, 2.75) is 6.61 Å². The number of amides is 1. The maximum atomic E-state index is 11.9. The van der Waals surface area contributed by atoms with Gasteiger partial charge in [0.15, 0.2) is 18.1 Å². The van der Waals surface area contributed by atoms with Crippen LogP contribution in [0.2, 0.25) is 10.0 Å². The van der Waals surface area contributed by atoms with Gasteiger partial charge in [0.25, 0.3) is 5.91 Å². The molecule has 1 N–H and O–H groups in total. The Morgan fingerprint density at radius 3 is 2.52 bits per heavy atom. The van der Waals surface area contributed by atoms with Crippen LogP contribution in [-0.4, -0.2) is 25.8 Å². The standard InChI is InChI=1S/C23H20Cl2N2O4/c1-29-21-11-6-16(12-22(21)31-14-17-4-2-3-5-20(17)25)13-26-27-23(28)15-30-19-9-7-18(24)8-10-19/h2-13H,14-15H2,1H3,(H,27,28). The number of ether oxygens (including phenoxy) is 3. The molecule has 0 saturated carbocycles. The van der Waals surface area contributed by atoms with Crippen molar-refractivity contribution >= 4 is 35.3 Å². The highest BCUT2D eigenvalue weighted by Gasteiger charge is 2.08. The molecule has 6 nitrogen and oxygen atoms in total. The Labute approximate surface area is 190 Å².